The molecule has 0 aliphatic heterocycles. The van der Waals surface area contributed by atoms with Crippen molar-refractivity contribution in [3.63, 3.8) is 0 Å². The summed E-state index contributed by atoms with van der Waals surface area (Å²) in [6, 6.07) is 0. The van der Waals surface area contributed by atoms with Gasteiger partial charge in [-0.1, -0.05) is 18.0 Å². The maximum atomic E-state index is 12.4. The minimum Gasteiger partial charge on any atom is -0.379 e. The summed E-state index contributed by atoms with van der Waals surface area (Å²) < 4.78 is 1.53. The summed E-state index contributed by atoms with van der Waals surface area (Å²) in [7, 11) is 0. The van der Waals surface area contributed by atoms with E-state index in [2.05, 4.69) is 15.4 Å². The fraction of sp³-hybridized carbons (Fsp3) is 0.500. The molecule has 0 unspecified atom stereocenters. The van der Waals surface area contributed by atoms with Crippen LogP contribution in [-0.2, 0) is 13.0 Å². The molecule has 2 heterocycles. The number of rotatable bonds is 6. The van der Waals surface area contributed by atoms with E-state index in [0.717, 1.165) is 11.4 Å². The zero-order valence-electron chi connectivity index (χ0n) is 11.6. The van der Waals surface area contributed by atoms with Crippen molar-refractivity contribution >= 4 is 28.6 Å². The molecule has 2 aromatic rings. The van der Waals surface area contributed by atoms with Crippen molar-refractivity contribution in [3.05, 3.63) is 38.2 Å². The highest BCUT2D eigenvalue weighted by Crippen LogP contribution is 2.27. The molecule has 5 nitrogen and oxygen atoms in total. The SMILES string of the molecule is O=c1c(NCCc2nccs2)c(Cl)cnn1CC1CCC1. The third kappa shape index (κ3) is 3.44. The van der Waals surface area contributed by atoms with Crippen molar-refractivity contribution < 1.29 is 0 Å². The molecular formula is C14H17ClN4OS. The lowest BCUT2D eigenvalue weighted by Crippen LogP contribution is -2.31. The van der Waals surface area contributed by atoms with E-state index >= 15 is 0 Å². The van der Waals surface area contributed by atoms with Crippen molar-refractivity contribution in [2.75, 3.05) is 11.9 Å². The van der Waals surface area contributed by atoms with Gasteiger partial charge >= 0.3 is 0 Å². The summed E-state index contributed by atoms with van der Waals surface area (Å²) in [6.45, 7) is 1.33. The van der Waals surface area contributed by atoms with Crippen LogP contribution in [0.5, 0.6) is 0 Å². The highest BCUT2D eigenvalue weighted by Gasteiger charge is 2.20. The number of nitrogens with one attached hydrogen (secondary N) is 1. The van der Waals surface area contributed by atoms with E-state index in [1.807, 2.05) is 5.38 Å². The Morgan fingerprint density at radius 2 is 2.33 bits per heavy atom. The van der Waals surface area contributed by atoms with E-state index in [9.17, 15) is 4.79 Å². The molecule has 3 rings (SSSR count). The van der Waals surface area contributed by atoms with E-state index in [1.54, 1.807) is 23.7 Å². The summed E-state index contributed by atoms with van der Waals surface area (Å²) in [5.41, 5.74) is 0.316. The molecule has 112 valence electrons. The van der Waals surface area contributed by atoms with Crippen molar-refractivity contribution in [3.8, 4) is 0 Å². The highest BCUT2D eigenvalue weighted by atomic mass is 35.5. The highest BCUT2D eigenvalue weighted by molar-refractivity contribution is 7.09. The van der Waals surface area contributed by atoms with Crippen molar-refractivity contribution in [1.29, 1.82) is 0 Å². The molecule has 0 saturated heterocycles. The van der Waals surface area contributed by atoms with Gasteiger partial charge in [-0.3, -0.25) is 4.79 Å². The Morgan fingerprint density at radius 1 is 1.48 bits per heavy atom. The van der Waals surface area contributed by atoms with E-state index in [4.69, 9.17) is 11.6 Å². The molecular weight excluding hydrogens is 308 g/mol. The minimum atomic E-state index is -0.131. The molecule has 0 radical (unpaired) electrons. The molecule has 21 heavy (non-hydrogen) atoms. The molecule has 1 N–H and O–H groups in total. The monoisotopic (exact) mass is 324 g/mol. The van der Waals surface area contributed by atoms with Gasteiger partial charge in [0.05, 0.1) is 16.2 Å². The Hall–Kier alpha value is -1.40. The maximum absolute atomic E-state index is 12.4. The van der Waals surface area contributed by atoms with E-state index in [1.165, 1.54) is 23.9 Å². The fourth-order valence-electron chi connectivity index (χ4n) is 2.35. The summed E-state index contributed by atoms with van der Waals surface area (Å²) in [5, 5.41) is 10.6. The second kappa shape index (κ2) is 6.58. The zero-order chi connectivity index (χ0) is 14.7. The van der Waals surface area contributed by atoms with Gasteiger partial charge in [0.25, 0.3) is 5.56 Å². The van der Waals surface area contributed by atoms with Crippen LogP contribution in [0.2, 0.25) is 5.02 Å². The predicted molar refractivity (Wildman–Crippen MR) is 85.2 cm³/mol. The normalized spacial score (nSPS) is 14.9. The number of hydrogen-bond acceptors (Lipinski definition) is 5. The summed E-state index contributed by atoms with van der Waals surface area (Å²) in [5.74, 6) is 0.583. The lowest BCUT2D eigenvalue weighted by Gasteiger charge is -2.25. The molecule has 0 amide bonds. The quantitative estimate of drug-likeness (QED) is 0.887. The molecule has 0 spiro atoms. The molecule has 0 aromatic carbocycles. The zero-order valence-corrected chi connectivity index (χ0v) is 13.2. The molecule has 1 aliphatic carbocycles. The second-order valence-electron chi connectivity index (χ2n) is 5.25. The molecule has 1 saturated carbocycles. The van der Waals surface area contributed by atoms with Crippen LogP contribution >= 0.6 is 22.9 Å². The summed E-state index contributed by atoms with van der Waals surface area (Å²) >= 11 is 7.70. The van der Waals surface area contributed by atoms with Gasteiger partial charge in [0.1, 0.15) is 5.69 Å². The molecule has 1 aliphatic rings. The van der Waals surface area contributed by atoms with Gasteiger partial charge in [-0.2, -0.15) is 5.10 Å². The molecule has 2 aromatic heterocycles. The first-order valence-corrected chi connectivity index (χ1v) is 8.37. The van der Waals surface area contributed by atoms with Crippen LogP contribution < -0.4 is 10.9 Å². The van der Waals surface area contributed by atoms with E-state index in [-0.39, 0.29) is 5.56 Å². The van der Waals surface area contributed by atoms with Crippen molar-refractivity contribution in [1.82, 2.24) is 14.8 Å². The lowest BCUT2D eigenvalue weighted by atomic mass is 9.85. The van der Waals surface area contributed by atoms with Crippen LogP contribution in [0.3, 0.4) is 0 Å². The van der Waals surface area contributed by atoms with Crippen LogP contribution in [0.25, 0.3) is 0 Å². The fourth-order valence-corrected chi connectivity index (χ4v) is 3.16. The third-order valence-electron chi connectivity index (χ3n) is 3.78. The average molecular weight is 325 g/mol. The van der Waals surface area contributed by atoms with Crippen LogP contribution in [-0.4, -0.2) is 21.3 Å². The first kappa shape index (κ1) is 14.5. The number of anilines is 1. The third-order valence-corrected chi connectivity index (χ3v) is 4.90. The van der Waals surface area contributed by atoms with Crippen molar-refractivity contribution in [2.24, 2.45) is 5.92 Å². The molecule has 7 heteroatoms. The van der Waals surface area contributed by atoms with Crippen LogP contribution in [0.15, 0.2) is 22.6 Å². The number of thiazole rings is 1. The van der Waals surface area contributed by atoms with E-state index < -0.39 is 0 Å². The molecule has 0 bridgehead atoms. The van der Waals surface area contributed by atoms with Crippen molar-refractivity contribution in [2.45, 2.75) is 32.2 Å². The Balaban J connectivity index is 1.67. The number of nitrogens with zero attached hydrogens (tertiary/aromatic N) is 3. The van der Waals surface area contributed by atoms with Gasteiger partial charge < -0.3 is 5.32 Å². The average Bonchev–Trinajstić information content (AvgIpc) is 2.93. The topological polar surface area (TPSA) is 59.8 Å². The summed E-state index contributed by atoms with van der Waals surface area (Å²) in [4.78, 5) is 16.6. The van der Waals surface area contributed by atoms with Gasteiger partial charge in [-0.25, -0.2) is 9.67 Å². The van der Waals surface area contributed by atoms with Gasteiger partial charge in [0.15, 0.2) is 0 Å². The Labute approximate surface area is 132 Å². The van der Waals surface area contributed by atoms with Gasteiger partial charge in [0, 0.05) is 31.1 Å². The Kier molecular flexibility index (Phi) is 4.55. The van der Waals surface area contributed by atoms with Crippen LogP contribution in [0.4, 0.5) is 5.69 Å². The molecule has 1 fully saturated rings. The Bertz CT molecular complexity index is 651. The largest absolute Gasteiger partial charge is 0.379 e. The predicted octanol–water partition coefficient (Wildman–Crippen LogP) is 2.81. The van der Waals surface area contributed by atoms with Crippen LogP contribution in [0.1, 0.15) is 24.3 Å². The van der Waals surface area contributed by atoms with Gasteiger partial charge in [-0.15, -0.1) is 11.3 Å². The van der Waals surface area contributed by atoms with E-state index in [0.29, 0.717) is 29.7 Å². The first-order valence-electron chi connectivity index (χ1n) is 7.12. The number of halogens is 1. The van der Waals surface area contributed by atoms with Gasteiger partial charge in [0.2, 0.25) is 0 Å². The Morgan fingerprint density at radius 3 is 3.00 bits per heavy atom. The smallest absolute Gasteiger partial charge is 0.291 e. The lowest BCUT2D eigenvalue weighted by molar-refractivity contribution is 0.262. The number of hydrogen-bond donors (Lipinski definition) is 1. The second-order valence-corrected chi connectivity index (χ2v) is 6.64. The number of aromatic nitrogens is 3. The summed E-state index contributed by atoms with van der Waals surface area (Å²) in [6.07, 6.45) is 7.73. The standard InChI is InChI=1S/C14H17ClN4OS/c15-11-8-18-19(9-10-2-1-3-10)14(20)13(11)17-5-4-12-16-6-7-21-12/h6-8,10,17H,1-5,9H2. The van der Waals surface area contributed by atoms with Gasteiger partial charge in [-0.05, 0) is 18.8 Å². The molecule has 0 atom stereocenters. The van der Waals surface area contributed by atoms with Crippen LogP contribution in [0, 0.1) is 5.92 Å². The minimum absolute atomic E-state index is 0.131. The first-order chi connectivity index (χ1) is 10.2. The maximum Gasteiger partial charge on any atom is 0.291 e.